The zero-order chi connectivity index (χ0) is 39.1. The molecule has 1 fully saturated rings. The summed E-state index contributed by atoms with van der Waals surface area (Å²) in [6, 6.07) is 24.9. The molecule has 0 saturated carbocycles. The first-order chi connectivity index (χ1) is 26.3. The van der Waals surface area contributed by atoms with Crippen molar-refractivity contribution in [2.75, 3.05) is 19.6 Å². The number of ether oxygens (including phenoxy) is 1. The number of hydrogen-bond donors (Lipinski definition) is 4. The first kappa shape index (κ1) is 39.7. The van der Waals surface area contributed by atoms with E-state index in [0.29, 0.717) is 24.1 Å². The summed E-state index contributed by atoms with van der Waals surface area (Å²) in [5.41, 5.74) is 8.48. The number of carboxylic acid groups (broad SMARTS) is 1. The number of nitrogens with one attached hydrogen (secondary N) is 2. The van der Waals surface area contributed by atoms with Gasteiger partial charge in [0, 0.05) is 48.4 Å². The molecule has 0 unspecified atom stereocenters. The molecule has 288 valence electrons. The van der Waals surface area contributed by atoms with Gasteiger partial charge in [0.1, 0.15) is 11.6 Å². The fraction of sp³-hybridized carbons (Fsp3) is 0.364. The molecule has 6 rings (SSSR count). The van der Waals surface area contributed by atoms with Gasteiger partial charge in [-0.3, -0.25) is 9.78 Å². The number of hydrogen-bond acceptors (Lipinski definition) is 7. The third-order valence-corrected chi connectivity index (χ3v) is 10.3. The van der Waals surface area contributed by atoms with Gasteiger partial charge in [-0.2, -0.15) is 0 Å². The lowest BCUT2D eigenvalue weighted by molar-refractivity contribution is -0.139. The second-order valence-electron chi connectivity index (χ2n) is 15.4. The number of alkyl carbamates (subject to hydrolysis) is 1. The number of likely N-dealkylation sites (tertiary alicyclic amines) is 1. The van der Waals surface area contributed by atoms with Crippen LogP contribution in [0.5, 0.6) is 0 Å². The molecule has 2 aliphatic rings. The number of rotatable bonds is 11. The number of benzene rings is 3. The van der Waals surface area contributed by atoms with E-state index in [9.17, 15) is 24.6 Å². The summed E-state index contributed by atoms with van der Waals surface area (Å²) in [6.45, 7) is 7.00. The number of nitrogens with zero attached hydrogens (tertiary/aromatic N) is 2. The molecule has 0 spiro atoms. The number of fused-ring (bicyclic) bond motifs is 2. The first-order valence-corrected chi connectivity index (χ1v) is 19.2. The average Bonchev–Trinajstić information content (AvgIpc) is 3.31. The van der Waals surface area contributed by atoms with Crippen molar-refractivity contribution in [3.05, 3.63) is 141 Å². The number of pyridine rings is 1. The summed E-state index contributed by atoms with van der Waals surface area (Å²) in [5, 5.41) is 27.6. The van der Waals surface area contributed by atoms with Crippen LogP contribution in [0.15, 0.2) is 96.7 Å². The molecule has 4 N–H and O–H groups in total. The first-order valence-electron chi connectivity index (χ1n) is 18.8. The van der Waals surface area contributed by atoms with Crippen LogP contribution in [0.25, 0.3) is 5.57 Å². The molecule has 1 aliphatic carbocycles. The number of halogens is 1. The Labute approximate surface area is 327 Å². The number of aliphatic carboxylic acids is 1. The van der Waals surface area contributed by atoms with Crippen LogP contribution in [-0.4, -0.2) is 81.5 Å². The highest BCUT2D eigenvalue weighted by Crippen LogP contribution is 2.38. The van der Waals surface area contributed by atoms with Gasteiger partial charge in [0.15, 0.2) is 0 Å². The topological polar surface area (TPSA) is 141 Å². The fourth-order valence-corrected chi connectivity index (χ4v) is 7.56. The Kier molecular flexibility index (Phi) is 12.7. The van der Waals surface area contributed by atoms with Crippen molar-refractivity contribution in [1.29, 1.82) is 0 Å². The maximum Gasteiger partial charge on any atom is 0.408 e. The molecule has 55 heavy (non-hydrogen) atoms. The molecule has 2 heterocycles. The number of carboxylic acids is 1. The number of aryl methyl sites for hydroxylation is 2. The predicted molar refractivity (Wildman–Crippen MR) is 213 cm³/mol. The Hall–Kier alpha value is -5.03. The summed E-state index contributed by atoms with van der Waals surface area (Å²) in [7, 11) is 0. The Bertz CT molecular complexity index is 2020. The van der Waals surface area contributed by atoms with Crippen LogP contribution in [0, 0.1) is 0 Å². The summed E-state index contributed by atoms with van der Waals surface area (Å²) in [4.78, 5) is 44.8. The van der Waals surface area contributed by atoms with E-state index in [0.717, 1.165) is 55.1 Å². The maximum atomic E-state index is 13.6. The molecule has 3 atom stereocenters. The molecule has 0 bridgehead atoms. The molecule has 3 aromatic carbocycles. The fourth-order valence-electron chi connectivity index (χ4n) is 7.36. The largest absolute Gasteiger partial charge is 0.480 e. The SMILES string of the molecule is CC(C)(C)OC(=O)N[C@@H](Cc1ccc(C(=O)N[C@@H](Cc2ccccc2)[C@H](O)CN2CCC(=C3c4ccc(Cl)cc4CCc4cccnc43)CC2)cc1)C(=O)O. The van der Waals surface area contributed by atoms with E-state index in [2.05, 4.69) is 33.7 Å². The molecule has 1 saturated heterocycles. The Morgan fingerprint density at radius 1 is 0.855 bits per heavy atom. The number of piperidine rings is 1. The lowest BCUT2D eigenvalue weighted by Crippen LogP contribution is -2.50. The lowest BCUT2D eigenvalue weighted by Gasteiger charge is -2.34. The molecule has 0 radical (unpaired) electrons. The highest BCUT2D eigenvalue weighted by molar-refractivity contribution is 6.30. The van der Waals surface area contributed by atoms with Gasteiger partial charge in [0.2, 0.25) is 0 Å². The Morgan fingerprint density at radius 2 is 1.55 bits per heavy atom. The van der Waals surface area contributed by atoms with Gasteiger partial charge >= 0.3 is 12.1 Å². The third-order valence-electron chi connectivity index (χ3n) is 10.1. The van der Waals surface area contributed by atoms with Crippen molar-refractivity contribution in [1.82, 2.24) is 20.5 Å². The van der Waals surface area contributed by atoms with Crippen LogP contribution >= 0.6 is 11.6 Å². The van der Waals surface area contributed by atoms with Gasteiger partial charge < -0.3 is 30.5 Å². The molecule has 1 aromatic heterocycles. The van der Waals surface area contributed by atoms with Gasteiger partial charge in [0.05, 0.1) is 17.8 Å². The van der Waals surface area contributed by atoms with Crippen LogP contribution in [-0.2, 0) is 35.2 Å². The van der Waals surface area contributed by atoms with Crippen molar-refractivity contribution >= 4 is 35.1 Å². The van der Waals surface area contributed by atoms with E-state index in [-0.39, 0.29) is 12.3 Å². The highest BCUT2D eigenvalue weighted by Gasteiger charge is 2.29. The third kappa shape index (κ3) is 10.6. The maximum absolute atomic E-state index is 13.6. The monoisotopic (exact) mass is 764 g/mol. The zero-order valence-corrected chi connectivity index (χ0v) is 32.3. The van der Waals surface area contributed by atoms with E-state index in [4.69, 9.17) is 21.3 Å². The number of β-amino-alcohol motifs (C(OH)–C–C–N with tert-alkyl or cyclic N) is 1. The normalized spacial score (nSPS) is 16.2. The minimum atomic E-state index is -1.21. The molecule has 1 aliphatic heterocycles. The zero-order valence-electron chi connectivity index (χ0n) is 31.6. The van der Waals surface area contributed by atoms with Gasteiger partial charge in [-0.25, -0.2) is 9.59 Å². The van der Waals surface area contributed by atoms with Crippen molar-refractivity contribution < 1.29 is 29.3 Å². The minimum Gasteiger partial charge on any atom is -0.480 e. The second kappa shape index (κ2) is 17.6. The molecule has 4 aromatic rings. The van der Waals surface area contributed by atoms with Crippen molar-refractivity contribution in [3.8, 4) is 0 Å². The Morgan fingerprint density at radius 3 is 2.24 bits per heavy atom. The second-order valence-corrected chi connectivity index (χ2v) is 15.8. The van der Waals surface area contributed by atoms with Crippen LogP contribution in [0.1, 0.15) is 77.5 Å². The van der Waals surface area contributed by atoms with Crippen molar-refractivity contribution in [3.63, 3.8) is 0 Å². The number of aliphatic hydroxyl groups excluding tert-OH is 1. The van der Waals surface area contributed by atoms with Crippen LogP contribution < -0.4 is 10.6 Å². The number of aromatic nitrogens is 1. The number of carbonyl (C=O) groups excluding carboxylic acids is 2. The van der Waals surface area contributed by atoms with Crippen molar-refractivity contribution in [2.24, 2.45) is 0 Å². The van der Waals surface area contributed by atoms with Gasteiger partial charge in [0.25, 0.3) is 5.91 Å². The quantitative estimate of drug-likeness (QED) is 0.133. The van der Waals surface area contributed by atoms with E-state index < -0.39 is 35.9 Å². The Balaban J connectivity index is 1.13. The smallest absolute Gasteiger partial charge is 0.408 e. The highest BCUT2D eigenvalue weighted by atomic mass is 35.5. The summed E-state index contributed by atoms with van der Waals surface area (Å²) >= 11 is 6.42. The summed E-state index contributed by atoms with van der Waals surface area (Å²) < 4.78 is 5.22. The molecule has 10 nitrogen and oxygen atoms in total. The van der Waals surface area contributed by atoms with Crippen LogP contribution in [0.4, 0.5) is 4.79 Å². The van der Waals surface area contributed by atoms with E-state index in [1.807, 2.05) is 48.7 Å². The number of carbonyl (C=O) groups is 3. The van der Waals surface area contributed by atoms with Crippen molar-refractivity contribution in [2.45, 2.75) is 83.1 Å². The lowest BCUT2D eigenvalue weighted by atomic mass is 9.88. The molecule has 2 amide bonds. The number of amides is 2. The molecule has 11 heteroatoms. The molecular weight excluding hydrogens is 716 g/mol. The van der Waals surface area contributed by atoms with E-state index in [1.54, 1.807) is 45.0 Å². The predicted octanol–water partition coefficient (Wildman–Crippen LogP) is 6.65. The standard InChI is InChI=1S/C44H49ClN4O6/c1-44(2,3)55-43(54)48-37(42(52)53)25-29-11-13-32(14-12-29)41(51)47-36(24-28-8-5-4-6-9-28)38(50)27-49-22-19-30(20-23-49)39-35-18-17-34(45)26-33(35)16-15-31-10-7-21-46-40(31)39/h4-14,17-18,21,26,36-38,50H,15-16,19-20,22-25,27H2,1-3H3,(H,47,51)(H,48,54)(H,52,53)/t36-,37-,38+/m0/s1. The van der Waals surface area contributed by atoms with E-state index in [1.165, 1.54) is 27.8 Å². The van der Waals surface area contributed by atoms with Gasteiger partial charge in [-0.15, -0.1) is 0 Å². The average molecular weight is 765 g/mol. The van der Waals surface area contributed by atoms with Gasteiger partial charge in [-0.05, 0) is 111 Å². The number of aliphatic hydroxyl groups is 1. The van der Waals surface area contributed by atoms with E-state index >= 15 is 0 Å². The summed E-state index contributed by atoms with van der Waals surface area (Å²) in [6.07, 6.45) is 4.11. The minimum absolute atomic E-state index is 0.00391. The molecular formula is C44H49ClN4O6. The summed E-state index contributed by atoms with van der Waals surface area (Å²) in [5.74, 6) is -1.55. The van der Waals surface area contributed by atoms with Crippen LogP contribution in [0.3, 0.4) is 0 Å². The van der Waals surface area contributed by atoms with Crippen LogP contribution in [0.2, 0.25) is 5.02 Å². The van der Waals surface area contributed by atoms with Gasteiger partial charge in [-0.1, -0.05) is 71.8 Å².